The number of carbonyl (C=O) groups excluding carboxylic acids is 1. The van der Waals surface area contributed by atoms with E-state index in [1.165, 1.54) is 6.92 Å². The Kier molecular flexibility index (Phi) is 3.07. The summed E-state index contributed by atoms with van der Waals surface area (Å²) in [7, 11) is 0. The third-order valence-corrected chi connectivity index (χ3v) is 3.68. The van der Waals surface area contributed by atoms with Crippen LogP contribution in [0.1, 0.15) is 19.5 Å². The van der Waals surface area contributed by atoms with Crippen LogP contribution < -0.4 is 0 Å². The molecular weight excluding hydrogens is 232 g/mol. The zero-order valence-electron chi connectivity index (χ0n) is 10.5. The molecule has 96 valence electrons. The molecule has 0 bridgehead atoms. The van der Waals surface area contributed by atoms with Crippen molar-refractivity contribution in [2.24, 2.45) is 5.92 Å². The second-order valence-corrected chi connectivity index (χ2v) is 4.92. The van der Waals surface area contributed by atoms with E-state index < -0.39 is 17.3 Å². The molecule has 2 atom stereocenters. The van der Waals surface area contributed by atoms with E-state index in [-0.39, 0.29) is 12.5 Å². The first kappa shape index (κ1) is 12.5. The minimum absolute atomic E-state index is 0.0964. The van der Waals surface area contributed by atoms with Crippen LogP contribution in [0.15, 0.2) is 24.4 Å². The number of likely N-dealkylation sites (tertiary alicyclic amines) is 1. The average molecular weight is 248 g/mol. The first-order valence-electron chi connectivity index (χ1n) is 5.85. The third-order valence-electron chi connectivity index (χ3n) is 3.68. The molecule has 1 aromatic rings. The largest absolute Gasteiger partial charge is 0.481 e. The van der Waals surface area contributed by atoms with Gasteiger partial charge >= 0.3 is 5.97 Å². The molecule has 2 rings (SSSR count). The number of carboxylic acids is 1. The van der Waals surface area contributed by atoms with Crippen LogP contribution in [0.3, 0.4) is 0 Å². The summed E-state index contributed by atoms with van der Waals surface area (Å²) in [5, 5.41) is 9.34. The van der Waals surface area contributed by atoms with Crippen molar-refractivity contribution >= 4 is 11.9 Å². The van der Waals surface area contributed by atoms with Gasteiger partial charge in [-0.2, -0.15) is 0 Å². The van der Waals surface area contributed by atoms with Crippen molar-refractivity contribution in [1.82, 2.24) is 9.88 Å². The van der Waals surface area contributed by atoms with Crippen LogP contribution in [0.2, 0.25) is 0 Å². The number of nitrogens with zero attached hydrogens (tertiary/aromatic N) is 2. The van der Waals surface area contributed by atoms with Gasteiger partial charge in [0.1, 0.15) is 0 Å². The quantitative estimate of drug-likeness (QED) is 0.844. The van der Waals surface area contributed by atoms with E-state index in [1.54, 1.807) is 17.2 Å². The molecule has 18 heavy (non-hydrogen) atoms. The van der Waals surface area contributed by atoms with E-state index >= 15 is 0 Å². The summed E-state index contributed by atoms with van der Waals surface area (Å²) in [5.74, 6) is -1.59. The van der Waals surface area contributed by atoms with Gasteiger partial charge in [0.05, 0.1) is 5.92 Å². The van der Waals surface area contributed by atoms with E-state index in [0.717, 1.165) is 5.69 Å². The molecule has 5 heteroatoms. The van der Waals surface area contributed by atoms with Crippen molar-refractivity contribution in [3.8, 4) is 0 Å². The minimum atomic E-state index is -0.882. The van der Waals surface area contributed by atoms with Crippen LogP contribution in [0.5, 0.6) is 0 Å². The van der Waals surface area contributed by atoms with Crippen LogP contribution >= 0.6 is 0 Å². The topological polar surface area (TPSA) is 70.5 Å². The predicted molar refractivity (Wildman–Crippen MR) is 65.0 cm³/mol. The number of amides is 1. The average Bonchev–Trinajstić information content (AvgIpc) is 2.70. The predicted octanol–water partition coefficient (Wildman–Crippen LogP) is 0.902. The smallest absolute Gasteiger partial charge is 0.309 e. The number of hydrogen-bond donors (Lipinski definition) is 1. The number of carbonyl (C=O) groups is 2. The maximum atomic E-state index is 11.4. The lowest BCUT2D eigenvalue weighted by molar-refractivity contribution is -0.143. The van der Waals surface area contributed by atoms with Crippen molar-refractivity contribution < 1.29 is 14.7 Å². The van der Waals surface area contributed by atoms with Gasteiger partial charge in [-0.25, -0.2) is 0 Å². The zero-order chi connectivity index (χ0) is 13.3. The fraction of sp³-hybridized carbons (Fsp3) is 0.462. The highest BCUT2D eigenvalue weighted by atomic mass is 16.4. The van der Waals surface area contributed by atoms with Crippen molar-refractivity contribution in [3.05, 3.63) is 30.1 Å². The van der Waals surface area contributed by atoms with Crippen LogP contribution in [-0.2, 0) is 15.0 Å². The normalized spacial score (nSPS) is 27.2. The molecule has 1 fully saturated rings. The highest BCUT2D eigenvalue weighted by Crippen LogP contribution is 2.38. The minimum Gasteiger partial charge on any atom is -0.481 e. The molecule has 1 aromatic heterocycles. The van der Waals surface area contributed by atoms with Crippen molar-refractivity contribution in [3.63, 3.8) is 0 Å². The molecule has 1 saturated heterocycles. The Balaban J connectivity index is 2.40. The number of aliphatic carboxylic acids is 1. The van der Waals surface area contributed by atoms with Gasteiger partial charge in [0, 0.05) is 37.3 Å². The zero-order valence-corrected chi connectivity index (χ0v) is 10.5. The summed E-state index contributed by atoms with van der Waals surface area (Å²) >= 11 is 0. The Bertz CT molecular complexity index is 474. The Labute approximate surface area is 105 Å². The second kappa shape index (κ2) is 4.40. The summed E-state index contributed by atoms with van der Waals surface area (Å²) in [6.07, 6.45) is 1.65. The molecule has 0 spiro atoms. The number of aromatic nitrogens is 1. The van der Waals surface area contributed by atoms with E-state index in [2.05, 4.69) is 4.98 Å². The summed E-state index contributed by atoms with van der Waals surface area (Å²) < 4.78 is 0. The highest BCUT2D eigenvalue weighted by molar-refractivity contribution is 5.78. The summed E-state index contributed by atoms with van der Waals surface area (Å²) in [6.45, 7) is 3.97. The monoisotopic (exact) mass is 248 g/mol. The molecule has 0 saturated carbocycles. The van der Waals surface area contributed by atoms with Gasteiger partial charge in [-0.3, -0.25) is 14.6 Å². The summed E-state index contributed by atoms with van der Waals surface area (Å²) in [5.41, 5.74) is 0.0971. The fourth-order valence-corrected chi connectivity index (χ4v) is 2.54. The van der Waals surface area contributed by atoms with Gasteiger partial charge in [0.25, 0.3) is 0 Å². The highest BCUT2D eigenvalue weighted by Gasteiger charge is 2.49. The third kappa shape index (κ3) is 1.96. The SMILES string of the molecule is CC(=O)N1C[C@H](C(=O)O)[C@@](C)(c2ccccn2)C1. The van der Waals surface area contributed by atoms with Crippen LogP contribution in [0, 0.1) is 5.92 Å². The standard InChI is InChI=1S/C13H16N2O3/c1-9(16)15-7-10(12(17)18)13(2,8-15)11-5-3-4-6-14-11/h3-6,10H,7-8H2,1-2H3,(H,17,18)/t10-,13+/m1/s1. The Hall–Kier alpha value is -1.91. The van der Waals surface area contributed by atoms with E-state index in [9.17, 15) is 14.7 Å². The van der Waals surface area contributed by atoms with E-state index in [4.69, 9.17) is 0 Å². The Morgan fingerprint density at radius 3 is 2.72 bits per heavy atom. The van der Waals surface area contributed by atoms with Gasteiger partial charge in [0.15, 0.2) is 0 Å². The first-order chi connectivity index (χ1) is 8.45. The molecule has 0 aromatic carbocycles. The second-order valence-electron chi connectivity index (χ2n) is 4.92. The van der Waals surface area contributed by atoms with Gasteiger partial charge in [-0.1, -0.05) is 13.0 Å². The lowest BCUT2D eigenvalue weighted by atomic mass is 9.77. The number of pyridine rings is 1. The molecule has 2 heterocycles. The molecule has 1 aliphatic rings. The molecule has 0 aliphatic carbocycles. The number of rotatable bonds is 2. The molecular formula is C13H16N2O3. The van der Waals surface area contributed by atoms with Crippen molar-refractivity contribution in [2.45, 2.75) is 19.3 Å². The van der Waals surface area contributed by atoms with Crippen LogP contribution in [-0.4, -0.2) is 40.0 Å². The van der Waals surface area contributed by atoms with Crippen LogP contribution in [0.25, 0.3) is 0 Å². The maximum Gasteiger partial charge on any atom is 0.309 e. The van der Waals surface area contributed by atoms with Gasteiger partial charge < -0.3 is 10.0 Å². The lowest BCUT2D eigenvalue weighted by Gasteiger charge is -2.27. The lowest BCUT2D eigenvalue weighted by Crippen LogP contribution is -2.37. The van der Waals surface area contributed by atoms with E-state index in [1.807, 2.05) is 19.1 Å². The van der Waals surface area contributed by atoms with Gasteiger partial charge in [0.2, 0.25) is 5.91 Å². The molecule has 0 unspecified atom stereocenters. The Morgan fingerprint density at radius 2 is 2.22 bits per heavy atom. The molecule has 1 amide bonds. The first-order valence-corrected chi connectivity index (χ1v) is 5.85. The maximum absolute atomic E-state index is 11.4. The summed E-state index contributed by atoms with van der Waals surface area (Å²) in [6, 6.07) is 5.45. The number of hydrogen-bond acceptors (Lipinski definition) is 3. The molecule has 5 nitrogen and oxygen atoms in total. The summed E-state index contributed by atoms with van der Waals surface area (Å²) in [4.78, 5) is 28.7. The van der Waals surface area contributed by atoms with Crippen molar-refractivity contribution in [1.29, 1.82) is 0 Å². The van der Waals surface area contributed by atoms with Gasteiger partial charge in [-0.15, -0.1) is 0 Å². The van der Waals surface area contributed by atoms with Gasteiger partial charge in [-0.05, 0) is 12.1 Å². The number of carboxylic acid groups (broad SMARTS) is 1. The van der Waals surface area contributed by atoms with Crippen LogP contribution in [0.4, 0.5) is 0 Å². The van der Waals surface area contributed by atoms with Crippen molar-refractivity contribution in [2.75, 3.05) is 13.1 Å². The molecule has 1 N–H and O–H groups in total. The fourth-order valence-electron chi connectivity index (χ4n) is 2.54. The molecule has 1 aliphatic heterocycles. The van der Waals surface area contributed by atoms with E-state index in [0.29, 0.717) is 6.54 Å². The molecule has 0 radical (unpaired) electrons. The Morgan fingerprint density at radius 1 is 1.50 bits per heavy atom.